The SMILES string of the molecule is C=C(O)CSc1cc(NS(=O)(=O)c2ccc(C3CCCCC3)cc2)c2ccccc2c1O.C=C(O)CSc1cc(NS(=O)(=O)c2ccc(C3CCCCCC3)cc2)c2ccccc2c1O.C=C(O)CSc1cc(NS(=O)(=O)c2ccc(N3CCCCC3)cc2)c2ccccc2c1O.C=C(O)CSc1cc(NS(=O)(=O)c2ccc(N3CCCCCC3)cc2)c2ccccc2c1O. The van der Waals surface area contributed by atoms with E-state index in [4.69, 9.17) is 0 Å². The zero-order valence-electron chi connectivity index (χ0n) is 72.2. The van der Waals surface area contributed by atoms with Crippen molar-refractivity contribution in [3.05, 3.63) is 279 Å². The fourth-order valence-electron chi connectivity index (χ4n) is 16.6. The van der Waals surface area contributed by atoms with Crippen LogP contribution in [-0.4, -0.2) is 124 Å². The van der Waals surface area contributed by atoms with Crippen LogP contribution in [0.3, 0.4) is 0 Å². The molecule has 16 rings (SSSR count). The van der Waals surface area contributed by atoms with E-state index in [0.717, 1.165) is 88.9 Å². The van der Waals surface area contributed by atoms with Gasteiger partial charge in [-0.15, -0.1) is 47.0 Å². The molecule has 0 bridgehead atoms. The van der Waals surface area contributed by atoms with Crippen molar-refractivity contribution in [2.75, 3.05) is 77.9 Å². The van der Waals surface area contributed by atoms with E-state index in [-0.39, 0.29) is 88.6 Å². The Hall–Kier alpha value is -11.0. The summed E-state index contributed by atoms with van der Waals surface area (Å²) in [6, 6.07) is 63.0. The molecule has 30 heteroatoms. The minimum atomic E-state index is -3.85. The van der Waals surface area contributed by atoms with Crippen molar-refractivity contribution >= 4 is 164 Å². The minimum Gasteiger partial charge on any atom is -0.512 e. The fraction of sp³-hybridized carbons (Fsp3) is 0.280. The third kappa shape index (κ3) is 25.0. The first-order valence-electron chi connectivity index (χ1n) is 43.4. The van der Waals surface area contributed by atoms with Gasteiger partial charge in [0.2, 0.25) is 0 Å². The Bertz CT molecular complexity index is 6150. The number of benzene rings is 12. The normalized spacial score (nSPS) is 14.9. The van der Waals surface area contributed by atoms with Gasteiger partial charge in [0.25, 0.3) is 40.1 Å². The summed E-state index contributed by atoms with van der Waals surface area (Å²) in [5, 5.41) is 84.9. The minimum absolute atomic E-state index is 0.0246. The highest BCUT2D eigenvalue weighted by Gasteiger charge is 2.28. The summed E-state index contributed by atoms with van der Waals surface area (Å²) in [6.45, 7) is 17.8. The van der Waals surface area contributed by atoms with E-state index in [1.807, 2.05) is 48.5 Å². The molecule has 0 amide bonds. The van der Waals surface area contributed by atoms with Crippen LogP contribution in [0.1, 0.15) is 139 Å². The van der Waals surface area contributed by atoms with Gasteiger partial charge in [0.15, 0.2) is 0 Å². The second-order valence-electron chi connectivity index (χ2n) is 32.7. The zero-order chi connectivity index (χ0) is 92.3. The predicted octanol–water partition coefficient (Wildman–Crippen LogP) is 24.9. The van der Waals surface area contributed by atoms with E-state index in [1.165, 1.54) is 122 Å². The summed E-state index contributed by atoms with van der Waals surface area (Å²) in [4.78, 5) is 7.18. The molecule has 130 heavy (non-hydrogen) atoms. The van der Waals surface area contributed by atoms with Gasteiger partial charge in [-0.05, 0) is 178 Å². The topological polar surface area (TPSA) is 353 Å². The number of hydrogen-bond donors (Lipinski definition) is 12. The lowest BCUT2D eigenvalue weighted by molar-refractivity contribution is 0.419. The Morgan fingerprint density at radius 1 is 0.285 bits per heavy atom. The van der Waals surface area contributed by atoms with Gasteiger partial charge in [-0.3, -0.25) is 18.9 Å². The highest BCUT2D eigenvalue weighted by atomic mass is 32.2. The Morgan fingerprint density at radius 2 is 0.485 bits per heavy atom. The van der Waals surface area contributed by atoms with E-state index in [2.05, 4.69) is 55.0 Å². The standard InChI is InChI=1S/C26H29NO4S2.C25H28N2O4S2.C25H27NO4S2.C24H26N2O4S2/c1-18(28)17-32-25-16-24(22-10-6-7-11-23(22)26(25)29)27-33(30,31)21-14-12-20(13-15-21)19-8-4-2-3-5-9-19;1-18(28)17-32-24-16-23(21-8-4-5-9-22(21)25(24)29)26-33(30,31)20-12-10-19(11-13-20)27-14-6-2-3-7-15-27;1-17(27)16-31-24-15-23(21-9-5-6-10-22(21)25(24)28)26-32(29,30)20-13-11-19(12-14-20)18-7-3-2-4-8-18;1-17(27)16-31-23-15-22(20-7-3-4-8-21(20)24(23)28)25-32(29,30)19-11-9-18(10-12-19)26-13-5-2-6-14-26/h6-7,10-16,19,27-29H,1-5,8-9,17H2;4-5,8-13,16,26,28-29H,1-3,6-7,14-15,17H2;5-6,9-15,18,26-28H,1-4,7-8,16H2;3-4,7-12,15,25,27-28H,1-2,5-6,13-14,16H2. The number of fused-ring (bicyclic) bond motifs is 4. The molecule has 2 saturated carbocycles. The Labute approximate surface area is 779 Å². The molecule has 12 aromatic carbocycles. The van der Waals surface area contributed by atoms with Crippen LogP contribution in [0.5, 0.6) is 23.0 Å². The number of anilines is 6. The van der Waals surface area contributed by atoms with Crippen molar-refractivity contribution in [2.24, 2.45) is 0 Å². The lowest BCUT2D eigenvalue weighted by Gasteiger charge is -2.28. The van der Waals surface area contributed by atoms with Crippen LogP contribution >= 0.6 is 47.0 Å². The number of rotatable bonds is 28. The van der Waals surface area contributed by atoms with Gasteiger partial charge in [0, 0.05) is 80.6 Å². The van der Waals surface area contributed by atoms with Crippen molar-refractivity contribution in [1.29, 1.82) is 0 Å². The molecule has 2 aliphatic carbocycles. The van der Waals surface area contributed by atoms with Gasteiger partial charge < -0.3 is 50.7 Å². The smallest absolute Gasteiger partial charge is 0.261 e. The number of phenols is 4. The highest BCUT2D eigenvalue weighted by Crippen LogP contribution is 2.47. The summed E-state index contributed by atoms with van der Waals surface area (Å²) in [6.07, 6.45) is 21.7. The maximum atomic E-state index is 13.2. The molecule has 0 radical (unpaired) electrons. The number of hydrogen-bond acceptors (Lipinski definition) is 22. The van der Waals surface area contributed by atoms with E-state index in [0.29, 0.717) is 97.3 Å². The molecule has 684 valence electrons. The van der Waals surface area contributed by atoms with E-state index in [1.54, 1.807) is 170 Å². The van der Waals surface area contributed by atoms with Gasteiger partial charge in [0.05, 0.1) is 108 Å². The Balaban J connectivity index is 0.000000148. The number of piperidine rings is 1. The van der Waals surface area contributed by atoms with Crippen LogP contribution in [0.2, 0.25) is 0 Å². The number of thioether (sulfide) groups is 4. The van der Waals surface area contributed by atoms with E-state index in [9.17, 15) is 74.5 Å². The monoisotopic (exact) mass is 1910 g/mol. The van der Waals surface area contributed by atoms with Gasteiger partial charge >= 0.3 is 0 Å². The largest absolute Gasteiger partial charge is 0.512 e. The maximum Gasteiger partial charge on any atom is 0.261 e. The third-order valence-electron chi connectivity index (χ3n) is 23.2. The van der Waals surface area contributed by atoms with Gasteiger partial charge in [-0.2, -0.15) is 0 Å². The van der Waals surface area contributed by atoms with Crippen LogP contribution in [0, 0.1) is 0 Å². The average molecular weight is 1910 g/mol. The number of nitrogens with one attached hydrogen (secondary N) is 4. The van der Waals surface area contributed by atoms with Crippen molar-refractivity contribution < 1.29 is 74.5 Å². The number of aliphatic hydroxyl groups is 4. The van der Waals surface area contributed by atoms with Crippen molar-refractivity contribution in [1.82, 2.24) is 0 Å². The number of nitrogens with zero attached hydrogens (tertiary/aromatic N) is 2. The maximum absolute atomic E-state index is 13.2. The van der Waals surface area contributed by atoms with Crippen molar-refractivity contribution in [3.8, 4) is 23.0 Å². The number of sulfonamides is 4. The van der Waals surface area contributed by atoms with Crippen molar-refractivity contribution in [2.45, 2.75) is 167 Å². The second kappa shape index (κ2) is 44.3. The molecule has 12 N–H and O–H groups in total. The summed E-state index contributed by atoms with van der Waals surface area (Å²) >= 11 is 4.75. The molecule has 4 fully saturated rings. The Morgan fingerprint density at radius 3 is 0.715 bits per heavy atom. The first-order chi connectivity index (χ1) is 62.4. The Kier molecular flexibility index (Phi) is 32.9. The molecule has 0 atom stereocenters. The van der Waals surface area contributed by atoms with Crippen LogP contribution in [-0.2, 0) is 40.1 Å². The molecule has 12 aromatic rings. The van der Waals surface area contributed by atoms with Gasteiger partial charge in [0.1, 0.15) is 23.0 Å². The van der Waals surface area contributed by atoms with Crippen molar-refractivity contribution in [3.63, 3.8) is 0 Å². The third-order valence-corrected chi connectivity index (χ3v) is 33.2. The molecule has 2 saturated heterocycles. The fourth-order valence-corrected chi connectivity index (χ4v) is 24.0. The van der Waals surface area contributed by atoms with Crippen LogP contribution < -0.4 is 28.7 Å². The molecular weight excluding hydrogens is 1800 g/mol. The zero-order valence-corrected chi connectivity index (χ0v) is 78.7. The lowest BCUT2D eigenvalue weighted by atomic mass is 9.84. The van der Waals surface area contributed by atoms with Gasteiger partial charge in [-0.25, -0.2) is 33.7 Å². The molecular formula is C100H110N6O16S8. The second-order valence-corrected chi connectivity index (χ2v) is 43.5. The first kappa shape index (κ1) is 96.6. The molecule has 0 aromatic heterocycles. The first-order valence-corrected chi connectivity index (χ1v) is 53.3. The molecule has 22 nitrogen and oxygen atoms in total. The number of aliphatic hydroxyl groups excluding tert-OH is 4. The van der Waals surface area contributed by atoms with Crippen LogP contribution in [0.4, 0.5) is 34.1 Å². The summed E-state index contributed by atoms with van der Waals surface area (Å²) in [7, 11) is -15.3. The van der Waals surface area contributed by atoms with Crippen LogP contribution in [0.25, 0.3) is 43.1 Å². The summed E-state index contributed by atoms with van der Waals surface area (Å²) < 4.78 is 116. The average Bonchev–Trinajstić information content (AvgIpc) is 0.802. The van der Waals surface area contributed by atoms with Gasteiger partial charge in [-0.1, -0.05) is 205 Å². The summed E-state index contributed by atoms with van der Waals surface area (Å²) in [5.74, 6) is 1.85. The molecule has 2 heterocycles. The van der Waals surface area contributed by atoms with E-state index >= 15 is 0 Å². The molecule has 0 spiro atoms. The number of phenolic OH excluding ortho intramolecular Hbond substituents is 4. The quantitative estimate of drug-likeness (QED) is 0.00938. The predicted molar refractivity (Wildman–Crippen MR) is 534 cm³/mol. The number of aromatic hydroxyl groups is 4. The summed E-state index contributed by atoms with van der Waals surface area (Å²) in [5.41, 5.74) is 5.95. The highest BCUT2D eigenvalue weighted by molar-refractivity contribution is 8.00. The molecule has 0 unspecified atom stereocenters. The lowest BCUT2D eigenvalue weighted by Crippen LogP contribution is -2.29. The molecule has 4 aliphatic rings. The van der Waals surface area contributed by atoms with Crippen LogP contribution in [0.15, 0.2) is 307 Å². The van der Waals surface area contributed by atoms with E-state index < -0.39 is 40.1 Å². The molecule has 2 aliphatic heterocycles.